The molecule has 0 spiro atoms. The fourth-order valence-corrected chi connectivity index (χ4v) is 4.41. The van der Waals surface area contributed by atoms with E-state index < -0.39 is 18.6 Å². The molecular formula is C21H19F3N4O2S. The molecule has 3 aromatic rings. The van der Waals surface area contributed by atoms with Crippen LogP contribution in [0.15, 0.2) is 30.6 Å². The number of halogens is 3. The second-order valence-corrected chi connectivity index (χ2v) is 8.44. The Kier molecular flexibility index (Phi) is 5.34. The van der Waals surface area contributed by atoms with E-state index >= 15 is 0 Å². The van der Waals surface area contributed by atoms with Gasteiger partial charge in [0.1, 0.15) is 18.1 Å². The molecule has 2 aromatic heterocycles. The van der Waals surface area contributed by atoms with Crippen LogP contribution in [-0.4, -0.2) is 47.2 Å². The summed E-state index contributed by atoms with van der Waals surface area (Å²) in [7, 11) is 1.38. The van der Waals surface area contributed by atoms with Crippen molar-refractivity contribution >= 4 is 23.1 Å². The summed E-state index contributed by atoms with van der Waals surface area (Å²) in [5, 5.41) is 0.922. The van der Waals surface area contributed by atoms with Gasteiger partial charge in [0.2, 0.25) is 0 Å². The first-order chi connectivity index (χ1) is 14.7. The van der Waals surface area contributed by atoms with Gasteiger partial charge in [-0.05, 0) is 42.7 Å². The Labute approximate surface area is 180 Å². The van der Waals surface area contributed by atoms with E-state index in [-0.39, 0.29) is 24.3 Å². The number of nitrogen functional groups attached to an aromatic ring is 1. The third-order valence-corrected chi connectivity index (χ3v) is 6.02. The Balaban J connectivity index is 1.77. The number of anilines is 1. The van der Waals surface area contributed by atoms with Gasteiger partial charge in [0.25, 0.3) is 5.91 Å². The second kappa shape index (κ2) is 7.84. The largest absolute Gasteiger partial charge is 0.496 e. The summed E-state index contributed by atoms with van der Waals surface area (Å²) in [6.45, 7) is 0.600. The molecule has 1 aliphatic heterocycles. The highest BCUT2D eigenvalue weighted by atomic mass is 32.1. The summed E-state index contributed by atoms with van der Waals surface area (Å²) in [6, 6.07) is 5.27. The number of carbonyl (C=O) groups excluding carboxylic acids is 1. The molecule has 0 fully saturated rings. The summed E-state index contributed by atoms with van der Waals surface area (Å²) in [6.07, 6.45) is -0.753. The number of pyridine rings is 1. The number of nitrogens with zero attached hydrogens (tertiary/aromatic N) is 3. The number of methoxy groups -OCH3 is 1. The van der Waals surface area contributed by atoms with Crippen molar-refractivity contribution in [2.75, 3.05) is 25.9 Å². The number of rotatable bonds is 4. The van der Waals surface area contributed by atoms with Gasteiger partial charge >= 0.3 is 6.18 Å². The standard InChI is InChI=1S/C21H19F3N4O2S/c1-11-26-9-17(31-11)14-6-15(19(25)27-8-14)13-5-12-3-4-28(10-21(22,23)24)20(29)18(12)16(7-13)30-2/h5-9H,3-4,10H2,1-2H3,(H2,25,27). The highest BCUT2D eigenvalue weighted by Crippen LogP contribution is 2.38. The maximum Gasteiger partial charge on any atom is 0.406 e. The number of benzene rings is 1. The van der Waals surface area contributed by atoms with Crippen molar-refractivity contribution < 1.29 is 22.7 Å². The molecule has 3 heterocycles. The van der Waals surface area contributed by atoms with E-state index in [2.05, 4.69) is 9.97 Å². The number of thiazole rings is 1. The van der Waals surface area contributed by atoms with Crippen molar-refractivity contribution in [2.45, 2.75) is 19.5 Å². The van der Waals surface area contributed by atoms with Gasteiger partial charge in [-0.2, -0.15) is 13.2 Å². The summed E-state index contributed by atoms with van der Waals surface area (Å²) in [4.78, 5) is 23.0. The molecule has 6 nitrogen and oxygen atoms in total. The van der Waals surface area contributed by atoms with E-state index in [1.54, 1.807) is 24.5 Å². The quantitative estimate of drug-likeness (QED) is 0.643. The molecule has 0 radical (unpaired) electrons. The first-order valence-corrected chi connectivity index (χ1v) is 10.2. The van der Waals surface area contributed by atoms with Gasteiger partial charge in [0.05, 0.1) is 22.6 Å². The Morgan fingerprint density at radius 2 is 1.97 bits per heavy atom. The highest BCUT2D eigenvalue weighted by molar-refractivity contribution is 7.15. The van der Waals surface area contributed by atoms with Crippen LogP contribution in [0.3, 0.4) is 0 Å². The second-order valence-electron chi connectivity index (χ2n) is 7.20. The van der Waals surface area contributed by atoms with Gasteiger partial charge in [-0.3, -0.25) is 4.79 Å². The van der Waals surface area contributed by atoms with Crippen molar-refractivity contribution in [1.29, 1.82) is 0 Å². The molecule has 1 aliphatic rings. The molecule has 1 aromatic carbocycles. The minimum absolute atomic E-state index is 0.0220. The van der Waals surface area contributed by atoms with Crippen LogP contribution in [0, 0.1) is 6.92 Å². The minimum Gasteiger partial charge on any atom is -0.496 e. The fourth-order valence-electron chi connectivity index (χ4n) is 3.65. The molecule has 31 heavy (non-hydrogen) atoms. The van der Waals surface area contributed by atoms with Crippen molar-refractivity contribution in [2.24, 2.45) is 0 Å². The van der Waals surface area contributed by atoms with Crippen LogP contribution in [0.4, 0.5) is 19.0 Å². The number of fused-ring (bicyclic) bond motifs is 1. The van der Waals surface area contributed by atoms with E-state index in [9.17, 15) is 18.0 Å². The summed E-state index contributed by atoms with van der Waals surface area (Å²) < 4.78 is 43.9. The SMILES string of the molecule is COc1cc(-c2cc(-c3cnc(C)s3)cnc2N)cc2c1C(=O)N(CC(F)(F)F)CC2. The maximum absolute atomic E-state index is 12.8. The zero-order valence-electron chi connectivity index (χ0n) is 16.8. The van der Waals surface area contributed by atoms with Gasteiger partial charge in [0, 0.05) is 30.1 Å². The monoisotopic (exact) mass is 448 g/mol. The van der Waals surface area contributed by atoms with Crippen molar-refractivity contribution in [3.63, 3.8) is 0 Å². The average molecular weight is 448 g/mol. The zero-order chi connectivity index (χ0) is 22.3. The molecule has 0 unspecified atom stereocenters. The van der Waals surface area contributed by atoms with Crippen molar-refractivity contribution in [3.05, 3.63) is 46.7 Å². The van der Waals surface area contributed by atoms with Gasteiger partial charge < -0.3 is 15.4 Å². The number of ether oxygens (including phenoxy) is 1. The number of carbonyl (C=O) groups is 1. The zero-order valence-corrected chi connectivity index (χ0v) is 17.6. The number of aromatic nitrogens is 2. The third kappa shape index (κ3) is 4.20. The van der Waals surface area contributed by atoms with Gasteiger partial charge in [0.15, 0.2) is 0 Å². The molecule has 10 heteroatoms. The molecule has 4 rings (SSSR count). The average Bonchev–Trinajstić information content (AvgIpc) is 3.15. The predicted octanol–water partition coefficient (Wildman–Crippen LogP) is 4.33. The lowest BCUT2D eigenvalue weighted by Gasteiger charge is -2.30. The van der Waals surface area contributed by atoms with Gasteiger partial charge in [-0.1, -0.05) is 0 Å². The molecule has 0 saturated carbocycles. The lowest BCUT2D eigenvalue weighted by Crippen LogP contribution is -2.43. The molecule has 0 bridgehead atoms. The Morgan fingerprint density at radius 1 is 1.19 bits per heavy atom. The first-order valence-electron chi connectivity index (χ1n) is 9.42. The molecule has 0 saturated heterocycles. The molecular weight excluding hydrogens is 429 g/mol. The third-order valence-electron chi connectivity index (χ3n) is 5.06. The molecule has 0 atom stereocenters. The van der Waals surface area contributed by atoms with Gasteiger partial charge in [-0.15, -0.1) is 11.3 Å². The lowest BCUT2D eigenvalue weighted by atomic mass is 9.92. The smallest absolute Gasteiger partial charge is 0.406 e. The van der Waals surface area contributed by atoms with Crippen LogP contribution in [0.5, 0.6) is 5.75 Å². The number of hydrogen-bond donors (Lipinski definition) is 1. The fraction of sp³-hybridized carbons (Fsp3) is 0.286. The van der Waals surface area contributed by atoms with Crippen LogP contribution in [-0.2, 0) is 6.42 Å². The number of hydrogen-bond acceptors (Lipinski definition) is 6. The van der Waals surface area contributed by atoms with Crippen molar-refractivity contribution in [1.82, 2.24) is 14.9 Å². The van der Waals surface area contributed by atoms with Crippen LogP contribution in [0.1, 0.15) is 20.9 Å². The lowest BCUT2D eigenvalue weighted by molar-refractivity contribution is -0.141. The van der Waals surface area contributed by atoms with Crippen LogP contribution in [0.25, 0.3) is 21.6 Å². The van der Waals surface area contributed by atoms with E-state index in [0.717, 1.165) is 20.3 Å². The topological polar surface area (TPSA) is 81.3 Å². The van der Waals surface area contributed by atoms with Crippen LogP contribution in [0.2, 0.25) is 0 Å². The molecule has 162 valence electrons. The predicted molar refractivity (Wildman–Crippen MR) is 112 cm³/mol. The summed E-state index contributed by atoms with van der Waals surface area (Å²) in [5.74, 6) is -0.183. The van der Waals surface area contributed by atoms with Crippen molar-refractivity contribution in [3.8, 4) is 27.3 Å². The van der Waals surface area contributed by atoms with E-state index in [1.165, 1.54) is 18.4 Å². The number of amides is 1. The molecule has 2 N–H and O–H groups in total. The van der Waals surface area contributed by atoms with Crippen LogP contribution < -0.4 is 10.5 Å². The normalized spacial score (nSPS) is 14.0. The van der Waals surface area contributed by atoms with E-state index in [1.807, 2.05) is 13.0 Å². The number of alkyl halides is 3. The summed E-state index contributed by atoms with van der Waals surface area (Å²) >= 11 is 1.53. The van der Waals surface area contributed by atoms with Crippen LogP contribution >= 0.6 is 11.3 Å². The minimum atomic E-state index is -4.46. The highest BCUT2D eigenvalue weighted by Gasteiger charge is 2.37. The first kappa shape index (κ1) is 21.1. The summed E-state index contributed by atoms with van der Waals surface area (Å²) in [5.41, 5.74) is 9.08. The Hall–Kier alpha value is -3.14. The van der Waals surface area contributed by atoms with E-state index in [0.29, 0.717) is 22.5 Å². The Morgan fingerprint density at radius 3 is 2.61 bits per heavy atom. The van der Waals surface area contributed by atoms with E-state index in [4.69, 9.17) is 10.5 Å². The Bertz CT molecular complexity index is 1140. The van der Waals surface area contributed by atoms with Gasteiger partial charge in [-0.25, -0.2) is 9.97 Å². The molecule has 1 amide bonds. The number of nitrogens with two attached hydrogens (primary N) is 1. The molecule has 0 aliphatic carbocycles. The number of aryl methyl sites for hydroxylation is 1. The maximum atomic E-state index is 12.8.